The van der Waals surface area contributed by atoms with Gasteiger partial charge in [0.1, 0.15) is 0 Å². The van der Waals surface area contributed by atoms with E-state index in [0.29, 0.717) is 13.0 Å². The van der Waals surface area contributed by atoms with Crippen LogP contribution in [0, 0.1) is 0 Å². The smallest absolute Gasteiger partial charge is 0.241 e. The number of carbonyl (C=O) groups is 1. The molecule has 1 aromatic rings. The fourth-order valence-corrected chi connectivity index (χ4v) is 2.23. The fraction of sp³-hybridized carbons (Fsp3) is 0.500. The average Bonchev–Trinajstić information content (AvgIpc) is 2.39. The SMILES string of the molecule is CCCC[C@H](N)C(=O)Nc1cccc(Br)c1COC. The van der Waals surface area contributed by atoms with Gasteiger partial charge in [0, 0.05) is 22.8 Å². The molecule has 3 N–H and O–H groups in total. The number of rotatable bonds is 7. The van der Waals surface area contributed by atoms with Crippen molar-refractivity contribution >= 4 is 27.5 Å². The molecule has 1 amide bonds. The Bertz CT molecular complexity index is 424. The van der Waals surface area contributed by atoms with Gasteiger partial charge >= 0.3 is 0 Å². The first-order valence-electron chi connectivity index (χ1n) is 6.42. The van der Waals surface area contributed by atoms with Gasteiger partial charge in [-0.05, 0) is 18.6 Å². The number of methoxy groups -OCH3 is 1. The first-order chi connectivity index (χ1) is 9.10. The van der Waals surface area contributed by atoms with Crippen LogP contribution in [0.25, 0.3) is 0 Å². The van der Waals surface area contributed by atoms with E-state index in [4.69, 9.17) is 10.5 Å². The number of benzene rings is 1. The van der Waals surface area contributed by atoms with Crippen LogP contribution in [-0.4, -0.2) is 19.1 Å². The number of nitrogens with one attached hydrogen (secondary N) is 1. The Hall–Kier alpha value is -0.910. The van der Waals surface area contributed by atoms with Crippen molar-refractivity contribution in [2.24, 2.45) is 5.73 Å². The van der Waals surface area contributed by atoms with Crippen LogP contribution in [0.5, 0.6) is 0 Å². The number of ether oxygens (including phenoxy) is 1. The van der Waals surface area contributed by atoms with Crippen molar-refractivity contribution in [2.75, 3.05) is 12.4 Å². The minimum absolute atomic E-state index is 0.149. The van der Waals surface area contributed by atoms with E-state index in [1.165, 1.54) is 0 Å². The van der Waals surface area contributed by atoms with Crippen LogP contribution in [-0.2, 0) is 16.1 Å². The molecule has 4 nitrogen and oxygen atoms in total. The monoisotopic (exact) mass is 328 g/mol. The maximum absolute atomic E-state index is 12.0. The highest BCUT2D eigenvalue weighted by Crippen LogP contribution is 2.25. The topological polar surface area (TPSA) is 64.4 Å². The second kappa shape index (κ2) is 8.30. The molecule has 0 bridgehead atoms. The molecule has 0 unspecified atom stereocenters. The molecule has 0 aromatic heterocycles. The Kier molecular flexibility index (Phi) is 7.05. The first kappa shape index (κ1) is 16.1. The predicted molar refractivity (Wildman–Crippen MR) is 81.0 cm³/mol. The van der Waals surface area contributed by atoms with Crippen molar-refractivity contribution in [3.63, 3.8) is 0 Å². The molecular weight excluding hydrogens is 308 g/mol. The summed E-state index contributed by atoms with van der Waals surface area (Å²) in [5, 5.41) is 2.87. The molecule has 0 saturated carbocycles. The van der Waals surface area contributed by atoms with Crippen molar-refractivity contribution in [1.82, 2.24) is 0 Å². The number of unbranched alkanes of at least 4 members (excludes halogenated alkanes) is 1. The Morgan fingerprint density at radius 3 is 2.89 bits per heavy atom. The number of amides is 1. The molecule has 0 aliphatic carbocycles. The highest BCUT2D eigenvalue weighted by molar-refractivity contribution is 9.10. The zero-order chi connectivity index (χ0) is 14.3. The van der Waals surface area contributed by atoms with Crippen LogP contribution >= 0.6 is 15.9 Å². The lowest BCUT2D eigenvalue weighted by atomic mass is 10.1. The van der Waals surface area contributed by atoms with Gasteiger partial charge in [-0.25, -0.2) is 0 Å². The summed E-state index contributed by atoms with van der Waals surface area (Å²) in [5.74, 6) is -0.149. The molecule has 19 heavy (non-hydrogen) atoms. The largest absolute Gasteiger partial charge is 0.380 e. The van der Waals surface area contributed by atoms with Gasteiger partial charge in [-0.1, -0.05) is 41.8 Å². The standard InChI is InChI=1S/C14H21BrN2O2/c1-3-4-7-12(16)14(18)17-13-8-5-6-11(15)10(13)9-19-2/h5-6,8,12H,3-4,7,9,16H2,1-2H3,(H,17,18)/t12-/m0/s1. The van der Waals surface area contributed by atoms with E-state index >= 15 is 0 Å². The summed E-state index contributed by atoms with van der Waals surface area (Å²) < 4.78 is 6.06. The number of hydrogen-bond acceptors (Lipinski definition) is 3. The maximum Gasteiger partial charge on any atom is 0.241 e. The summed E-state index contributed by atoms with van der Waals surface area (Å²) in [6.07, 6.45) is 2.70. The van der Waals surface area contributed by atoms with E-state index in [1.54, 1.807) is 7.11 Å². The van der Waals surface area contributed by atoms with Crippen LogP contribution in [0.3, 0.4) is 0 Å². The van der Waals surface area contributed by atoms with Gasteiger partial charge in [0.25, 0.3) is 0 Å². The molecule has 0 saturated heterocycles. The van der Waals surface area contributed by atoms with Crippen molar-refractivity contribution in [3.8, 4) is 0 Å². The van der Waals surface area contributed by atoms with Gasteiger partial charge < -0.3 is 15.8 Å². The molecule has 0 fully saturated rings. The van der Waals surface area contributed by atoms with Crippen LogP contribution in [0.15, 0.2) is 22.7 Å². The summed E-state index contributed by atoms with van der Waals surface area (Å²) in [4.78, 5) is 12.0. The Labute approximate surface area is 122 Å². The number of anilines is 1. The number of halogens is 1. The average molecular weight is 329 g/mol. The number of hydrogen-bond donors (Lipinski definition) is 2. The fourth-order valence-electron chi connectivity index (χ4n) is 1.75. The normalized spacial score (nSPS) is 12.2. The quantitative estimate of drug-likeness (QED) is 0.808. The second-order valence-corrected chi connectivity index (χ2v) is 5.29. The molecule has 0 heterocycles. The van der Waals surface area contributed by atoms with Crippen molar-refractivity contribution in [2.45, 2.75) is 38.8 Å². The summed E-state index contributed by atoms with van der Waals surface area (Å²) in [6, 6.07) is 5.18. The summed E-state index contributed by atoms with van der Waals surface area (Å²) in [5.41, 5.74) is 7.52. The molecule has 1 atom stereocenters. The van der Waals surface area contributed by atoms with Gasteiger partial charge in [-0.3, -0.25) is 4.79 Å². The zero-order valence-electron chi connectivity index (χ0n) is 11.4. The molecule has 0 spiro atoms. The Morgan fingerprint density at radius 2 is 2.26 bits per heavy atom. The van der Waals surface area contributed by atoms with Crippen LogP contribution in [0.2, 0.25) is 0 Å². The second-order valence-electron chi connectivity index (χ2n) is 4.44. The molecular formula is C14H21BrN2O2. The Morgan fingerprint density at radius 1 is 1.53 bits per heavy atom. The van der Waals surface area contributed by atoms with Crippen molar-refractivity contribution < 1.29 is 9.53 Å². The van der Waals surface area contributed by atoms with Gasteiger partial charge in [-0.2, -0.15) is 0 Å². The lowest BCUT2D eigenvalue weighted by Gasteiger charge is -2.15. The third-order valence-corrected chi connectivity index (χ3v) is 3.61. The third-order valence-electron chi connectivity index (χ3n) is 2.87. The van der Waals surface area contributed by atoms with E-state index < -0.39 is 6.04 Å². The van der Waals surface area contributed by atoms with Crippen LogP contribution < -0.4 is 11.1 Å². The van der Waals surface area contributed by atoms with Gasteiger partial charge in [0.15, 0.2) is 0 Å². The molecule has 5 heteroatoms. The van der Waals surface area contributed by atoms with E-state index in [9.17, 15) is 4.79 Å². The lowest BCUT2D eigenvalue weighted by molar-refractivity contribution is -0.117. The van der Waals surface area contributed by atoms with E-state index in [0.717, 1.165) is 28.6 Å². The molecule has 0 radical (unpaired) electrons. The molecule has 0 aliphatic heterocycles. The lowest BCUT2D eigenvalue weighted by Crippen LogP contribution is -2.35. The van der Waals surface area contributed by atoms with Crippen molar-refractivity contribution in [3.05, 3.63) is 28.2 Å². The summed E-state index contributed by atoms with van der Waals surface area (Å²) >= 11 is 3.45. The highest BCUT2D eigenvalue weighted by Gasteiger charge is 2.15. The molecule has 106 valence electrons. The van der Waals surface area contributed by atoms with Gasteiger partial charge in [-0.15, -0.1) is 0 Å². The first-order valence-corrected chi connectivity index (χ1v) is 7.22. The van der Waals surface area contributed by atoms with Gasteiger partial charge in [0.2, 0.25) is 5.91 Å². The molecule has 1 rings (SSSR count). The van der Waals surface area contributed by atoms with Gasteiger partial charge in [0.05, 0.1) is 12.6 Å². The maximum atomic E-state index is 12.0. The van der Waals surface area contributed by atoms with E-state index in [-0.39, 0.29) is 5.91 Å². The van der Waals surface area contributed by atoms with Crippen LogP contribution in [0.1, 0.15) is 31.7 Å². The highest BCUT2D eigenvalue weighted by atomic mass is 79.9. The summed E-state index contributed by atoms with van der Waals surface area (Å²) in [7, 11) is 1.62. The zero-order valence-corrected chi connectivity index (χ0v) is 13.0. The minimum Gasteiger partial charge on any atom is -0.380 e. The number of carbonyl (C=O) groups excluding carboxylic acids is 1. The summed E-state index contributed by atoms with van der Waals surface area (Å²) in [6.45, 7) is 2.51. The van der Waals surface area contributed by atoms with E-state index in [1.807, 2.05) is 18.2 Å². The number of nitrogens with two attached hydrogens (primary N) is 1. The molecule has 1 aromatic carbocycles. The van der Waals surface area contributed by atoms with E-state index in [2.05, 4.69) is 28.2 Å². The molecule has 0 aliphatic rings. The Balaban J connectivity index is 2.75. The predicted octanol–water partition coefficient (Wildman–Crippen LogP) is 3.05. The minimum atomic E-state index is -0.464. The van der Waals surface area contributed by atoms with Crippen molar-refractivity contribution in [1.29, 1.82) is 0 Å². The third kappa shape index (κ3) is 4.93. The van der Waals surface area contributed by atoms with Crippen LogP contribution in [0.4, 0.5) is 5.69 Å².